The molecule has 1 aromatic heterocycles. The van der Waals surface area contributed by atoms with Crippen molar-refractivity contribution < 1.29 is 9.13 Å². The maximum atomic E-state index is 14.0. The van der Waals surface area contributed by atoms with Gasteiger partial charge in [0.15, 0.2) is 11.6 Å². The Kier molecular flexibility index (Phi) is 5.70. The first-order valence-electron chi connectivity index (χ1n) is 6.84. The number of aromatic nitrogens is 1. The number of pyridine rings is 1. The van der Waals surface area contributed by atoms with Crippen LogP contribution >= 0.6 is 15.9 Å². The van der Waals surface area contributed by atoms with E-state index in [-0.39, 0.29) is 24.2 Å². The number of rotatable bonds is 6. The molecule has 0 amide bonds. The molecule has 0 bridgehead atoms. The molecule has 21 heavy (non-hydrogen) atoms. The van der Waals surface area contributed by atoms with Crippen molar-refractivity contribution in [1.82, 2.24) is 4.98 Å². The molecule has 1 heterocycles. The molecule has 1 aromatic carbocycles. The monoisotopic (exact) mass is 352 g/mol. The van der Waals surface area contributed by atoms with Gasteiger partial charge < -0.3 is 10.5 Å². The van der Waals surface area contributed by atoms with Crippen LogP contribution in [0.15, 0.2) is 41.1 Å². The zero-order valence-corrected chi connectivity index (χ0v) is 13.4. The Morgan fingerprint density at radius 3 is 2.76 bits per heavy atom. The van der Waals surface area contributed by atoms with Crippen molar-refractivity contribution in [2.24, 2.45) is 5.73 Å². The SMILES string of the molecule is CCC(N)Cc1ccc(OCc2cncc(Br)c2)c(F)c1. The first kappa shape index (κ1) is 15.9. The van der Waals surface area contributed by atoms with Crippen LogP contribution in [0.1, 0.15) is 24.5 Å². The van der Waals surface area contributed by atoms with E-state index < -0.39 is 0 Å². The standard InChI is InChI=1S/C16H18BrFN2O/c1-2-14(19)6-11-3-4-16(15(18)7-11)21-10-12-5-13(17)9-20-8-12/h3-5,7-9,14H,2,6,10,19H2,1H3. The normalized spacial score (nSPS) is 12.2. The van der Waals surface area contributed by atoms with Crippen molar-refractivity contribution in [3.63, 3.8) is 0 Å². The van der Waals surface area contributed by atoms with E-state index in [4.69, 9.17) is 10.5 Å². The zero-order valence-electron chi connectivity index (χ0n) is 11.9. The largest absolute Gasteiger partial charge is 0.486 e. The average molecular weight is 353 g/mol. The van der Waals surface area contributed by atoms with E-state index in [0.717, 1.165) is 22.0 Å². The third kappa shape index (κ3) is 4.79. The molecule has 0 fully saturated rings. The molecule has 3 nitrogen and oxygen atoms in total. The molecule has 0 spiro atoms. The zero-order chi connectivity index (χ0) is 15.2. The maximum absolute atomic E-state index is 14.0. The third-order valence-corrected chi connectivity index (χ3v) is 3.61. The minimum Gasteiger partial charge on any atom is -0.486 e. The first-order chi connectivity index (χ1) is 10.1. The molecule has 0 aliphatic rings. The molecular formula is C16H18BrFN2O. The highest BCUT2D eigenvalue weighted by Gasteiger charge is 2.08. The number of ether oxygens (including phenoxy) is 1. The van der Waals surface area contributed by atoms with Gasteiger partial charge in [-0.25, -0.2) is 4.39 Å². The van der Waals surface area contributed by atoms with Gasteiger partial charge in [0.2, 0.25) is 0 Å². The summed E-state index contributed by atoms with van der Waals surface area (Å²) in [4.78, 5) is 4.04. The number of nitrogens with zero attached hydrogens (tertiary/aromatic N) is 1. The summed E-state index contributed by atoms with van der Waals surface area (Å²) in [6, 6.07) is 6.94. The molecule has 0 aliphatic heterocycles. The van der Waals surface area contributed by atoms with E-state index in [1.807, 2.05) is 19.1 Å². The van der Waals surface area contributed by atoms with Crippen LogP contribution in [0, 0.1) is 5.82 Å². The Labute approximate surface area is 132 Å². The van der Waals surface area contributed by atoms with Gasteiger partial charge in [-0.05, 0) is 52.5 Å². The van der Waals surface area contributed by atoms with Crippen molar-refractivity contribution in [3.8, 4) is 5.75 Å². The van der Waals surface area contributed by atoms with Crippen molar-refractivity contribution in [1.29, 1.82) is 0 Å². The fourth-order valence-corrected chi connectivity index (χ4v) is 2.34. The molecule has 0 aliphatic carbocycles. The number of hydrogen-bond acceptors (Lipinski definition) is 3. The van der Waals surface area contributed by atoms with Crippen LogP contribution in [0.5, 0.6) is 5.75 Å². The molecule has 2 aromatic rings. The molecule has 2 N–H and O–H groups in total. The fraction of sp³-hybridized carbons (Fsp3) is 0.312. The van der Waals surface area contributed by atoms with Gasteiger partial charge in [-0.3, -0.25) is 4.98 Å². The number of nitrogens with two attached hydrogens (primary N) is 1. The van der Waals surface area contributed by atoms with Gasteiger partial charge >= 0.3 is 0 Å². The predicted octanol–water partition coefficient (Wildman–Crippen LogP) is 3.84. The van der Waals surface area contributed by atoms with Crippen LogP contribution in [0.25, 0.3) is 0 Å². The van der Waals surface area contributed by atoms with E-state index in [9.17, 15) is 4.39 Å². The fourth-order valence-electron chi connectivity index (χ4n) is 1.93. The summed E-state index contributed by atoms with van der Waals surface area (Å²) in [5.41, 5.74) is 7.64. The summed E-state index contributed by atoms with van der Waals surface area (Å²) in [6.07, 6.45) is 4.92. The van der Waals surface area contributed by atoms with E-state index in [0.29, 0.717) is 6.42 Å². The molecule has 5 heteroatoms. The van der Waals surface area contributed by atoms with Crippen LogP contribution in [-0.4, -0.2) is 11.0 Å². The molecule has 0 saturated heterocycles. The van der Waals surface area contributed by atoms with Gasteiger partial charge in [-0.15, -0.1) is 0 Å². The van der Waals surface area contributed by atoms with Crippen LogP contribution in [-0.2, 0) is 13.0 Å². The lowest BCUT2D eigenvalue weighted by molar-refractivity contribution is 0.289. The maximum Gasteiger partial charge on any atom is 0.165 e. The highest BCUT2D eigenvalue weighted by Crippen LogP contribution is 2.21. The second-order valence-corrected chi connectivity index (χ2v) is 5.85. The minimum absolute atomic E-state index is 0.0592. The van der Waals surface area contributed by atoms with E-state index in [1.165, 1.54) is 6.07 Å². The molecule has 1 atom stereocenters. The lowest BCUT2D eigenvalue weighted by Gasteiger charge is -2.11. The van der Waals surface area contributed by atoms with Crippen molar-refractivity contribution >= 4 is 15.9 Å². The molecule has 0 radical (unpaired) electrons. The van der Waals surface area contributed by atoms with Gasteiger partial charge in [-0.1, -0.05) is 13.0 Å². The van der Waals surface area contributed by atoms with Crippen LogP contribution in [0.3, 0.4) is 0 Å². The number of benzene rings is 1. The average Bonchev–Trinajstić information content (AvgIpc) is 2.46. The van der Waals surface area contributed by atoms with E-state index in [2.05, 4.69) is 20.9 Å². The lowest BCUT2D eigenvalue weighted by Crippen LogP contribution is -2.21. The molecular weight excluding hydrogens is 335 g/mol. The summed E-state index contributed by atoms with van der Waals surface area (Å²) in [5.74, 6) is -0.123. The second-order valence-electron chi connectivity index (χ2n) is 4.94. The van der Waals surface area contributed by atoms with Gasteiger partial charge in [0.1, 0.15) is 6.61 Å². The quantitative estimate of drug-likeness (QED) is 0.858. The Balaban J connectivity index is 2.01. The lowest BCUT2D eigenvalue weighted by atomic mass is 10.0. The number of halogens is 2. The summed E-state index contributed by atoms with van der Waals surface area (Å²) in [7, 11) is 0. The molecule has 2 rings (SSSR count). The Hall–Kier alpha value is -1.46. The molecule has 0 saturated carbocycles. The molecule has 112 valence electrons. The Morgan fingerprint density at radius 1 is 1.29 bits per heavy atom. The van der Waals surface area contributed by atoms with Crippen molar-refractivity contribution in [2.75, 3.05) is 0 Å². The van der Waals surface area contributed by atoms with Gasteiger partial charge in [-0.2, -0.15) is 0 Å². The highest BCUT2D eigenvalue weighted by molar-refractivity contribution is 9.10. The number of hydrogen-bond donors (Lipinski definition) is 1. The summed E-state index contributed by atoms with van der Waals surface area (Å²) in [5, 5.41) is 0. The topological polar surface area (TPSA) is 48.1 Å². The minimum atomic E-state index is -0.362. The van der Waals surface area contributed by atoms with Crippen LogP contribution in [0.4, 0.5) is 4.39 Å². The Morgan fingerprint density at radius 2 is 2.10 bits per heavy atom. The van der Waals surface area contributed by atoms with Crippen molar-refractivity contribution in [3.05, 3.63) is 58.1 Å². The van der Waals surface area contributed by atoms with Crippen molar-refractivity contribution in [2.45, 2.75) is 32.4 Å². The summed E-state index contributed by atoms with van der Waals surface area (Å²) < 4.78 is 20.4. The van der Waals surface area contributed by atoms with Crippen LogP contribution in [0.2, 0.25) is 0 Å². The van der Waals surface area contributed by atoms with E-state index in [1.54, 1.807) is 18.5 Å². The van der Waals surface area contributed by atoms with Gasteiger partial charge in [0, 0.05) is 28.5 Å². The first-order valence-corrected chi connectivity index (χ1v) is 7.64. The van der Waals surface area contributed by atoms with Gasteiger partial charge in [0.05, 0.1) is 0 Å². The predicted molar refractivity (Wildman–Crippen MR) is 84.6 cm³/mol. The Bertz CT molecular complexity index is 607. The summed E-state index contributed by atoms with van der Waals surface area (Å²) >= 11 is 3.34. The highest BCUT2D eigenvalue weighted by atomic mass is 79.9. The van der Waals surface area contributed by atoms with Crippen LogP contribution < -0.4 is 10.5 Å². The van der Waals surface area contributed by atoms with Gasteiger partial charge in [0.25, 0.3) is 0 Å². The van der Waals surface area contributed by atoms with E-state index >= 15 is 0 Å². The third-order valence-electron chi connectivity index (χ3n) is 3.17. The summed E-state index contributed by atoms with van der Waals surface area (Å²) in [6.45, 7) is 2.29. The second kappa shape index (κ2) is 7.52. The molecule has 1 unspecified atom stereocenters. The smallest absolute Gasteiger partial charge is 0.165 e.